The molecule has 0 spiro atoms. The summed E-state index contributed by atoms with van der Waals surface area (Å²) in [6, 6.07) is 5.58. The average molecular weight is 401 g/mol. The van der Waals surface area contributed by atoms with Gasteiger partial charge in [-0.2, -0.15) is 4.98 Å². The van der Waals surface area contributed by atoms with Gasteiger partial charge in [-0.25, -0.2) is 4.98 Å². The molecule has 8 heteroatoms. The topological polar surface area (TPSA) is 96.2 Å². The van der Waals surface area contributed by atoms with Crippen LogP contribution in [0.2, 0.25) is 5.02 Å². The van der Waals surface area contributed by atoms with Gasteiger partial charge in [0.1, 0.15) is 5.82 Å². The highest BCUT2D eigenvalue weighted by Crippen LogP contribution is 2.32. The second kappa shape index (κ2) is 7.83. The number of amides is 1. The molecule has 0 radical (unpaired) electrons. The molecule has 2 aromatic rings. The smallest absolute Gasteiger partial charge is 0.229 e. The Morgan fingerprint density at radius 2 is 2.11 bits per heavy atom. The molecule has 7 nitrogen and oxygen atoms in total. The van der Waals surface area contributed by atoms with Crippen LogP contribution in [0, 0.1) is 0 Å². The molecule has 1 saturated heterocycles. The molecule has 2 heterocycles. The number of nitrogen functional groups attached to an aromatic ring is 1. The number of benzene rings is 1. The Labute approximate surface area is 169 Å². The zero-order chi connectivity index (χ0) is 19.7. The summed E-state index contributed by atoms with van der Waals surface area (Å²) in [7, 11) is 0. The van der Waals surface area contributed by atoms with Gasteiger partial charge in [0, 0.05) is 37.3 Å². The first-order chi connectivity index (χ1) is 13.5. The summed E-state index contributed by atoms with van der Waals surface area (Å²) in [5.74, 6) is 1.57. The van der Waals surface area contributed by atoms with Crippen molar-refractivity contribution < 1.29 is 4.79 Å². The molecule has 1 atom stereocenters. The van der Waals surface area contributed by atoms with Crippen molar-refractivity contribution >= 4 is 40.6 Å². The highest BCUT2D eigenvalue weighted by molar-refractivity contribution is 6.33. The molecule has 1 aromatic carbocycles. The molecule has 4 rings (SSSR count). The lowest BCUT2D eigenvalue weighted by Gasteiger charge is -2.25. The third-order valence-electron chi connectivity index (χ3n) is 5.31. The molecule has 1 aliphatic heterocycles. The van der Waals surface area contributed by atoms with Gasteiger partial charge in [0.2, 0.25) is 11.9 Å². The Kier molecular flexibility index (Phi) is 5.26. The fraction of sp³-hybridized carbons (Fsp3) is 0.450. The number of hydrogen-bond acceptors (Lipinski definition) is 6. The van der Waals surface area contributed by atoms with Gasteiger partial charge in [0.15, 0.2) is 0 Å². The van der Waals surface area contributed by atoms with E-state index >= 15 is 0 Å². The minimum absolute atomic E-state index is 0.0132. The predicted octanol–water partition coefficient (Wildman–Crippen LogP) is 3.05. The van der Waals surface area contributed by atoms with Crippen molar-refractivity contribution in [2.75, 3.05) is 29.0 Å². The first kappa shape index (κ1) is 18.8. The van der Waals surface area contributed by atoms with Crippen LogP contribution in [0.3, 0.4) is 0 Å². The molecule has 1 aromatic heterocycles. The summed E-state index contributed by atoms with van der Waals surface area (Å²) in [5.41, 5.74) is 9.60. The third-order valence-corrected chi connectivity index (χ3v) is 5.65. The highest BCUT2D eigenvalue weighted by atomic mass is 35.5. The fourth-order valence-corrected chi connectivity index (χ4v) is 4.12. The van der Waals surface area contributed by atoms with Crippen molar-refractivity contribution in [1.29, 1.82) is 0 Å². The van der Waals surface area contributed by atoms with E-state index < -0.39 is 0 Å². The van der Waals surface area contributed by atoms with Crippen LogP contribution in [0.1, 0.15) is 37.4 Å². The van der Waals surface area contributed by atoms with Crippen molar-refractivity contribution in [3.63, 3.8) is 0 Å². The van der Waals surface area contributed by atoms with E-state index in [1.165, 1.54) is 5.56 Å². The Morgan fingerprint density at radius 3 is 2.89 bits per heavy atom. The molecule has 28 heavy (non-hydrogen) atoms. The Morgan fingerprint density at radius 1 is 1.29 bits per heavy atom. The first-order valence-corrected chi connectivity index (χ1v) is 10.1. The molecular formula is C20H25ClN6O. The van der Waals surface area contributed by atoms with Gasteiger partial charge in [-0.15, -0.1) is 0 Å². The van der Waals surface area contributed by atoms with Gasteiger partial charge in [-0.1, -0.05) is 11.6 Å². The number of anilines is 4. The third kappa shape index (κ3) is 3.99. The summed E-state index contributed by atoms with van der Waals surface area (Å²) in [6.07, 6.45) is 5.19. The SMILES string of the molecule is CC(=O)NC1CCN(c2nc(Nc3ccc(Cl)c(N)c3)nc3c2CCCC3)C1. The van der Waals surface area contributed by atoms with Gasteiger partial charge in [0.05, 0.1) is 16.4 Å². The number of aromatic nitrogens is 2. The van der Waals surface area contributed by atoms with Crippen LogP contribution in [-0.4, -0.2) is 35.0 Å². The van der Waals surface area contributed by atoms with Crippen LogP contribution in [0.25, 0.3) is 0 Å². The van der Waals surface area contributed by atoms with Crippen molar-refractivity contribution in [3.8, 4) is 0 Å². The van der Waals surface area contributed by atoms with Gasteiger partial charge >= 0.3 is 0 Å². The number of rotatable bonds is 4. The summed E-state index contributed by atoms with van der Waals surface area (Å²) in [5, 5.41) is 6.82. The van der Waals surface area contributed by atoms with Crippen LogP contribution in [0.4, 0.5) is 23.1 Å². The van der Waals surface area contributed by atoms with E-state index in [1.807, 2.05) is 6.07 Å². The Bertz CT molecular complexity index is 903. The second-order valence-corrected chi connectivity index (χ2v) is 7.90. The van der Waals surface area contributed by atoms with Gasteiger partial charge in [-0.05, 0) is 50.3 Å². The van der Waals surface area contributed by atoms with Crippen LogP contribution in [0.5, 0.6) is 0 Å². The number of nitrogens with two attached hydrogens (primary N) is 1. The van der Waals surface area contributed by atoms with Crippen molar-refractivity contribution in [2.24, 2.45) is 0 Å². The molecule has 1 aliphatic carbocycles. The standard InChI is InChI=1S/C20H25ClN6O/c1-12(28)23-14-8-9-27(11-14)19-15-4-2-3-5-18(15)25-20(26-19)24-13-6-7-16(21)17(22)10-13/h6-7,10,14H,2-5,8-9,11,22H2,1H3,(H,23,28)(H,24,25,26). The van der Waals surface area contributed by atoms with E-state index in [0.717, 1.165) is 62.4 Å². The number of carbonyl (C=O) groups is 1. The second-order valence-electron chi connectivity index (χ2n) is 7.50. The largest absolute Gasteiger partial charge is 0.397 e. The van der Waals surface area contributed by atoms with E-state index in [0.29, 0.717) is 16.7 Å². The molecule has 0 bridgehead atoms. The van der Waals surface area contributed by atoms with Crippen LogP contribution in [-0.2, 0) is 17.6 Å². The van der Waals surface area contributed by atoms with E-state index in [1.54, 1.807) is 19.1 Å². The molecule has 2 aliphatic rings. The van der Waals surface area contributed by atoms with Gasteiger partial charge < -0.3 is 21.3 Å². The molecule has 1 unspecified atom stereocenters. The van der Waals surface area contributed by atoms with E-state index in [4.69, 9.17) is 27.3 Å². The minimum atomic E-state index is 0.0132. The fourth-order valence-electron chi connectivity index (χ4n) is 4.00. The molecular weight excluding hydrogens is 376 g/mol. The number of aryl methyl sites for hydroxylation is 1. The summed E-state index contributed by atoms with van der Waals surface area (Å²) >= 11 is 6.02. The molecule has 0 saturated carbocycles. The Hall–Kier alpha value is -2.54. The van der Waals surface area contributed by atoms with Gasteiger partial charge in [-0.3, -0.25) is 4.79 Å². The normalized spacial score (nSPS) is 18.6. The summed E-state index contributed by atoms with van der Waals surface area (Å²) in [4.78, 5) is 23.3. The molecule has 1 fully saturated rings. The van der Waals surface area contributed by atoms with E-state index in [9.17, 15) is 4.79 Å². The van der Waals surface area contributed by atoms with Crippen molar-refractivity contribution in [2.45, 2.75) is 45.1 Å². The lowest BCUT2D eigenvalue weighted by molar-refractivity contribution is -0.119. The summed E-state index contributed by atoms with van der Waals surface area (Å²) in [6.45, 7) is 3.22. The van der Waals surface area contributed by atoms with E-state index in [-0.39, 0.29) is 11.9 Å². The maximum absolute atomic E-state index is 11.4. The maximum Gasteiger partial charge on any atom is 0.229 e. The quantitative estimate of drug-likeness (QED) is 0.682. The van der Waals surface area contributed by atoms with Crippen LogP contribution in [0.15, 0.2) is 18.2 Å². The molecule has 148 valence electrons. The number of hydrogen-bond donors (Lipinski definition) is 3. The molecule has 4 N–H and O–H groups in total. The number of nitrogens with zero attached hydrogens (tertiary/aromatic N) is 3. The van der Waals surface area contributed by atoms with E-state index in [2.05, 4.69) is 15.5 Å². The average Bonchev–Trinajstić information content (AvgIpc) is 3.11. The maximum atomic E-state index is 11.4. The van der Waals surface area contributed by atoms with Crippen LogP contribution >= 0.6 is 11.6 Å². The van der Waals surface area contributed by atoms with Crippen LogP contribution < -0.4 is 21.3 Å². The first-order valence-electron chi connectivity index (χ1n) is 9.73. The molecule has 1 amide bonds. The zero-order valence-electron chi connectivity index (χ0n) is 16.0. The number of halogens is 1. The van der Waals surface area contributed by atoms with Crippen molar-refractivity contribution in [3.05, 3.63) is 34.5 Å². The Balaban J connectivity index is 1.63. The number of carbonyl (C=O) groups excluding carboxylic acids is 1. The lowest BCUT2D eigenvalue weighted by Crippen LogP contribution is -2.36. The monoisotopic (exact) mass is 400 g/mol. The number of fused-ring (bicyclic) bond motifs is 1. The summed E-state index contributed by atoms with van der Waals surface area (Å²) < 4.78 is 0. The number of nitrogens with one attached hydrogen (secondary N) is 2. The lowest BCUT2D eigenvalue weighted by atomic mass is 9.96. The minimum Gasteiger partial charge on any atom is -0.397 e. The highest BCUT2D eigenvalue weighted by Gasteiger charge is 2.28. The predicted molar refractivity (Wildman–Crippen MR) is 112 cm³/mol. The zero-order valence-corrected chi connectivity index (χ0v) is 16.7. The van der Waals surface area contributed by atoms with Gasteiger partial charge in [0.25, 0.3) is 0 Å². The van der Waals surface area contributed by atoms with Crippen molar-refractivity contribution in [1.82, 2.24) is 15.3 Å².